The SMILES string of the molecule is O=C(COc1ccc(Cl)cc1)NC12CC(NC(=O)C3CC3Oc3ccc(Cl)cc3)(C1)C2. The maximum Gasteiger partial charge on any atom is 0.258 e. The van der Waals surface area contributed by atoms with Crippen LogP contribution in [0.25, 0.3) is 0 Å². The van der Waals surface area contributed by atoms with Crippen LogP contribution in [0.1, 0.15) is 25.7 Å². The van der Waals surface area contributed by atoms with Crippen LogP contribution in [0.15, 0.2) is 48.5 Å². The van der Waals surface area contributed by atoms with E-state index in [1.54, 1.807) is 48.5 Å². The Kier molecular flexibility index (Phi) is 5.02. The van der Waals surface area contributed by atoms with Crippen molar-refractivity contribution >= 4 is 35.0 Å². The standard InChI is InChI=1S/C23H22Cl2N2O4/c24-14-1-5-16(6-2-14)30-10-20(28)26-22-11-23(12-22,13-22)27-21(29)18-9-19(18)31-17-7-3-15(25)4-8-17/h1-8,18-19H,9-13H2,(H,26,28)(H,27,29). The van der Waals surface area contributed by atoms with Gasteiger partial charge >= 0.3 is 0 Å². The van der Waals surface area contributed by atoms with Crippen molar-refractivity contribution in [2.75, 3.05) is 6.61 Å². The zero-order valence-electron chi connectivity index (χ0n) is 16.7. The molecule has 0 radical (unpaired) electrons. The molecule has 2 aromatic carbocycles. The Morgan fingerprint density at radius 1 is 0.871 bits per heavy atom. The van der Waals surface area contributed by atoms with Crippen molar-refractivity contribution in [3.8, 4) is 11.5 Å². The molecule has 2 bridgehead atoms. The van der Waals surface area contributed by atoms with Gasteiger partial charge in [-0.05, 0) is 67.8 Å². The van der Waals surface area contributed by atoms with E-state index in [2.05, 4.69) is 10.6 Å². The van der Waals surface area contributed by atoms with Crippen LogP contribution in [-0.4, -0.2) is 35.6 Å². The van der Waals surface area contributed by atoms with E-state index in [4.69, 9.17) is 32.7 Å². The molecule has 0 saturated heterocycles. The second-order valence-corrected chi connectivity index (χ2v) is 9.70. The molecular weight excluding hydrogens is 439 g/mol. The Morgan fingerprint density at radius 3 is 2.03 bits per heavy atom. The number of benzene rings is 2. The molecule has 0 spiro atoms. The second-order valence-electron chi connectivity index (χ2n) is 8.82. The Labute approximate surface area is 190 Å². The first kappa shape index (κ1) is 20.5. The van der Waals surface area contributed by atoms with E-state index in [9.17, 15) is 9.59 Å². The van der Waals surface area contributed by atoms with Gasteiger partial charge in [-0.15, -0.1) is 0 Å². The summed E-state index contributed by atoms with van der Waals surface area (Å²) in [6.07, 6.45) is 2.90. The molecule has 2 N–H and O–H groups in total. The van der Waals surface area contributed by atoms with Gasteiger partial charge in [0.1, 0.15) is 17.6 Å². The van der Waals surface area contributed by atoms with Crippen LogP contribution >= 0.6 is 23.2 Å². The number of nitrogens with one attached hydrogen (secondary N) is 2. The lowest BCUT2D eigenvalue weighted by Crippen LogP contribution is -2.84. The summed E-state index contributed by atoms with van der Waals surface area (Å²) in [5.41, 5.74) is -0.398. The van der Waals surface area contributed by atoms with Crippen molar-refractivity contribution in [3.05, 3.63) is 58.6 Å². The third-order valence-electron chi connectivity index (χ3n) is 6.18. The summed E-state index contributed by atoms with van der Waals surface area (Å²) in [4.78, 5) is 24.8. The number of amides is 2. The minimum atomic E-state index is -0.212. The molecule has 6 rings (SSSR count). The predicted octanol–water partition coefficient (Wildman–Crippen LogP) is 3.75. The fourth-order valence-electron chi connectivity index (χ4n) is 4.68. The molecule has 4 aliphatic rings. The summed E-state index contributed by atoms with van der Waals surface area (Å²) in [6.45, 7) is -0.0471. The molecule has 0 heterocycles. The summed E-state index contributed by atoms with van der Waals surface area (Å²) < 4.78 is 11.3. The summed E-state index contributed by atoms with van der Waals surface area (Å²) in [6, 6.07) is 14.0. The third kappa shape index (κ3) is 4.32. The molecule has 6 nitrogen and oxygen atoms in total. The van der Waals surface area contributed by atoms with Gasteiger partial charge in [0.15, 0.2) is 6.61 Å². The van der Waals surface area contributed by atoms with Crippen LogP contribution in [0.5, 0.6) is 11.5 Å². The maximum absolute atomic E-state index is 12.6. The van der Waals surface area contributed by atoms with Crippen molar-refractivity contribution < 1.29 is 19.1 Å². The number of hydrogen-bond acceptors (Lipinski definition) is 4. The zero-order chi connectivity index (χ0) is 21.6. The molecule has 2 aromatic rings. The highest BCUT2D eigenvalue weighted by Gasteiger charge is 2.69. The number of ether oxygens (including phenoxy) is 2. The first-order valence-corrected chi connectivity index (χ1v) is 11.0. The molecule has 8 heteroatoms. The lowest BCUT2D eigenvalue weighted by atomic mass is 9.44. The van der Waals surface area contributed by atoms with Crippen molar-refractivity contribution in [1.82, 2.24) is 10.6 Å². The smallest absolute Gasteiger partial charge is 0.258 e. The van der Waals surface area contributed by atoms with E-state index in [0.717, 1.165) is 25.0 Å². The summed E-state index contributed by atoms with van der Waals surface area (Å²) in [5, 5.41) is 7.49. The second kappa shape index (κ2) is 7.61. The zero-order valence-corrected chi connectivity index (χ0v) is 18.2. The summed E-state index contributed by atoms with van der Waals surface area (Å²) >= 11 is 11.7. The monoisotopic (exact) mass is 460 g/mol. The number of carbonyl (C=O) groups is 2. The van der Waals surface area contributed by atoms with E-state index in [1.165, 1.54) is 0 Å². The van der Waals surface area contributed by atoms with Crippen LogP contribution in [0.2, 0.25) is 10.0 Å². The third-order valence-corrected chi connectivity index (χ3v) is 6.68. The number of halogens is 2. The minimum Gasteiger partial charge on any atom is -0.490 e. The Hall–Kier alpha value is -2.44. The first-order chi connectivity index (χ1) is 14.8. The van der Waals surface area contributed by atoms with Crippen LogP contribution in [0, 0.1) is 5.92 Å². The van der Waals surface area contributed by atoms with E-state index in [0.29, 0.717) is 22.2 Å². The maximum atomic E-state index is 12.6. The molecule has 31 heavy (non-hydrogen) atoms. The molecule has 2 amide bonds. The Balaban J connectivity index is 1.03. The molecule has 0 aliphatic heterocycles. The van der Waals surface area contributed by atoms with E-state index in [1.807, 2.05) is 0 Å². The van der Waals surface area contributed by atoms with E-state index in [-0.39, 0.29) is 41.5 Å². The largest absolute Gasteiger partial charge is 0.490 e. The quantitative estimate of drug-likeness (QED) is 0.628. The predicted molar refractivity (Wildman–Crippen MR) is 117 cm³/mol. The van der Waals surface area contributed by atoms with Crippen LogP contribution in [0.4, 0.5) is 0 Å². The summed E-state index contributed by atoms with van der Waals surface area (Å²) in [7, 11) is 0. The molecule has 2 atom stereocenters. The Morgan fingerprint density at radius 2 is 1.42 bits per heavy atom. The highest BCUT2D eigenvalue weighted by Crippen LogP contribution is 2.60. The van der Waals surface area contributed by atoms with Gasteiger partial charge in [-0.25, -0.2) is 0 Å². The minimum absolute atomic E-state index is 0.0321. The topological polar surface area (TPSA) is 76.7 Å². The van der Waals surface area contributed by atoms with E-state index < -0.39 is 0 Å². The van der Waals surface area contributed by atoms with Gasteiger partial charge in [-0.2, -0.15) is 0 Å². The van der Waals surface area contributed by atoms with Gasteiger partial charge < -0.3 is 20.1 Å². The average molecular weight is 461 g/mol. The van der Waals surface area contributed by atoms with Crippen LogP contribution < -0.4 is 20.1 Å². The fourth-order valence-corrected chi connectivity index (χ4v) is 4.94. The lowest BCUT2D eigenvalue weighted by molar-refractivity contribution is -0.151. The van der Waals surface area contributed by atoms with Crippen molar-refractivity contribution in [3.63, 3.8) is 0 Å². The molecular formula is C23H22Cl2N2O4. The van der Waals surface area contributed by atoms with Crippen LogP contribution in [0.3, 0.4) is 0 Å². The average Bonchev–Trinajstić information content (AvgIpc) is 3.46. The van der Waals surface area contributed by atoms with Gasteiger partial charge in [-0.3, -0.25) is 9.59 Å². The van der Waals surface area contributed by atoms with Gasteiger partial charge in [0.2, 0.25) is 5.91 Å². The molecule has 4 saturated carbocycles. The number of rotatable bonds is 8. The van der Waals surface area contributed by atoms with E-state index >= 15 is 0 Å². The van der Waals surface area contributed by atoms with Crippen molar-refractivity contribution in [2.24, 2.45) is 5.92 Å². The highest BCUT2D eigenvalue weighted by atomic mass is 35.5. The van der Waals surface area contributed by atoms with Gasteiger partial charge in [-0.1, -0.05) is 23.2 Å². The first-order valence-electron chi connectivity index (χ1n) is 10.3. The Bertz CT molecular complexity index is 989. The lowest BCUT2D eigenvalue weighted by Gasteiger charge is -2.70. The molecule has 2 unspecified atom stereocenters. The summed E-state index contributed by atoms with van der Waals surface area (Å²) in [5.74, 6) is 1.07. The number of hydrogen-bond donors (Lipinski definition) is 2. The van der Waals surface area contributed by atoms with Crippen molar-refractivity contribution in [1.29, 1.82) is 0 Å². The fraction of sp³-hybridized carbons (Fsp3) is 0.391. The normalized spacial score (nSPS) is 29.7. The van der Waals surface area contributed by atoms with Gasteiger partial charge in [0.25, 0.3) is 5.91 Å². The van der Waals surface area contributed by atoms with Gasteiger partial charge in [0, 0.05) is 27.5 Å². The molecule has 4 fully saturated rings. The number of carbonyl (C=O) groups excluding carboxylic acids is 2. The van der Waals surface area contributed by atoms with Crippen molar-refractivity contribution in [2.45, 2.75) is 42.9 Å². The van der Waals surface area contributed by atoms with Gasteiger partial charge in [0.05, 0.1) is 5.92 Å². The molecule has 0 aromatic heterocycles. The molecule has 162 valence electrons. The van der Waals surface area contributed by atoms with Crippen LogP contribution in [-0.2, 0) is 9.59 Å². The highest BCUT2D eigenvalue weighted by molar-refractivity contribution is 6.30. The molecule has 4 aliphatic carbocycles.